The smallest absolute Gasteiger partial charge is 0.209 e. The van der Waals surface area contributed by atoms with E-state index in [1.54, 1.807) is 0 Å². The first-order valence-electron chi connectivity index (χ1n) is 6.32. The van der Waals surface area contributed by atoms with Gasteiger partial charge in [0.2, 0.25) is 5.16 Å². The third kappa shape index (κ3) is 3.42. The highest BCUT2D eigenvalue weighted by atomic mass is 32.2. The van der Waals surface area contributed by atoms with Crippen molar-refractivity contribution in [2.24, 2.45) is 17.6 Å². The maximum atomic E-state index is 5.54. The molecule has 5 nitrogen and oxygen atoms in total. The highest BCUT2D eigenvalue weighted by Crippen LogP contribution is 2.37. The van der Waals surface area contributed by atoms with Crippen LogP contribution >= 0.6 is 11.8 Å². The van der Waals surface area contributed by atoms with Crippen molar-refractivity contribution < 1.29 is 0 Å². The molecule has 0 saturated heterocycles. The van der Waals surface area contributed by atoms with Gasteiger partial charge in [-0.15, -0.1) is 5.10 Å². The number of rotatable bonds is 4. The SMILES string of the molecule is CC1CC(C)CC(Sc2nnnn2CCN)C1. The summed E-state index contributed by atoms with van der Waals surface area (Å²) in [5, 5.41) is 13.4. The molecule has 96 valence electrons. The largest absolute Gasteiger partial charge is 0.329 e. The van der Waals surface area contributed by atoms with Crippen molar-refractivity contribution in [3.05, 3.63) is 0 Å². The maximum absolute atomic E-state index is 5.54. The number of tetrazole rings is 1. The van der Waals surface area contributed by atoms with Crippen LogP contribution in [-0.4, -0.2) is 32.0 Å². The Balaban J connectivity index is 1.97. The number of thioether (sulfide) groups is 1. The Hall–Kier alpha value is -0.620. The molecule has 1 aromatic rings. The van der Waals surface area contributed by atoms with Crippen LogP contribution in [0.1, 0.15) is 33.1 Å². The van der Waals surface area contributed by atoms with E-state index < -0.39 is 0 Å². The number of nitrogens with two attached hydrogens (primary N) is 1. The van der Waals surface area contributed by atoms with Gasteiger partial charge in [-0.25, -0.2) is 4.68 Å². The van der Waals surface area contributed by atoms with Crippen LogP contribution in [-0.2, 0) is 6.54 Å². The quantitative estimate of drug-likeness (QED) is 0.884. The molecule has 1 aliphatic rings. The summed E-state index contributed by atoms with van der Waals surface area (Å²) in [6.45, 7) is 5.96. The van der Waals surface area contributed by atoms with Crippen molar-refractivity contribution in [3.8, 4) is 0 Å². The Bertz CT molecular complexity index is 343. The lowest BCUT2D eigenvalue weighted by Crippen LogP contribution is -2.22. The summed E-state index contributed by atoms with van der Waals surface area (Å²) in [6, 6.07) is 0. The second-order valence-corrected chi connectivity index (χ2v) is 6.40. The molecule has 2 rings (SSSR count). The maximum Gasteiger partial charge on any atom is 0.209 e. The van der Waals surface area contributed by atoms with Crippen LogP contribution in [0, 0.1) is 11.8 Å². The predicted molar refractivity (Wildman–Crippen MR) is 68.7 cm³/mol. The summed E-state index contributed by atoms with van der Waals surface area (Å²) < 4.78 is 1.81. The van der Waals surface area contributed by atoms with Crippen molar-refractivity contribution in [1.29, 1.82) is 0 Å². The monoisotopic (exact) mass is 255 g/mol. The van der Waals surface area contributed by atoms with Gasteiger partial charge in [0.25, 0.3) is 0 Å². The van der Waals surface area contributed by atoms with E-state index in [9.17, 15) is 0 Å². The first-order valence-corrected chi connectivity index (χ1v) is 7.20. The summed E-state index contributed by atoms with van der Waals surface area (Å²) in [6.07, 6.45) is 3.89. The molecule has 1 fully saturated rings. The third-order valence-corrected chi connectivity index (χ3v) is 4.47. The van der Waals surface area contributed by atoms with Crippen molar-refractivity contribution in [3.63, 3.8) is 0 Å². The van der Waals surface area contributed by atoms with Crippen molar-refractivity contribution in [2.45, 2.75) is 50.1 Å². The van der Waals surface area contributed by atoms with Crippen molar-refractivity contribution >= 4 is 11.8 Å². The molecule has 0 spiro atoms. The zero-order valence-electron chi connectivity index (χ0n) is 10.5. The predicted octanol–water partition coefficient (Wildman–Crippen LogP) is 1.55. The minimum absolute atomic E-state index is 0.579. The molecule has 6 heteroatoms. The minimum atomic E-state index is 0.579. The van der Waals surface area contributed by atoms with E-state index in [0.717, 1.165) is 17.0 Å². The van der Waals surface area contributed by atoms with Crippen molar-refractivity contribution in [2.75, 3.05) is 6.54 Å². The lowest BCUT2D eigenvalue weighted by atomic mass is 9.83. The average molecular weight is 255 g/mol. The van der Waals surface area contributed by atoms with Crippen LogP contribution < -0.4 is 5.73 Å². The molecular formula is C11H21N5S. The molecule has 2 unspecified atom stereocenters. The zero-order chi connectivity index (χ0) is 12.3. The minimum Gasteiger partial charge on any atom is -0.329 e. The van der Waals surface area contributed by atoms with Gasteiger partial charge >= 0.3 is 0 Å². The fraction of sp³-hybridized carbons (Fsp3) is 0.909. The van der Waals surface area contributed by atoms with Gasteiger partial charge in [-0.3, -0.25) is 0 Å². The summed E-state index contributed by atoms with van der Waals surface area (Å²) in [5.41, 5.74) is 5.54. The number of hydrogen-bond acceptors (Lipinski definition) is 5. The molecule has 1 heterocycles. The van der Waals surface area contributed by atoms with Crippen LogP contribution in [0.15, 0.2) is 5.16 Å². The fourth-order valence-electron chi connectivity index (χ4n) is 2.66. The van der Waals surface area contributed by atoms with Crippen molar-refractivity contribution in [1.82, 2.24) is 20.2 Å². The second-order valence-electron chi connectivity index (χ2n) is 5.13. The topological polar surface area (TPSA) is 69.6 Å². The molecule has 1 saturated carbocycles. The van der Waals surface area contributed by atoms with E-state index in [4.69, 9.17) is 5.73 Å². The van der Waals surface area contributed by atoms with Gasteiger partial charge in [0.15, 0.2) is 0 Å². The Kier molecular flexibility index (Phi) is 4.39. The van der Waals surface area contributed by atoms with E-state index >= 15 is 0 Å². The molecule has 17 heavy (non-hydrogen) atoms. The third-order valence-electron chi connectivity index (χ3n) is 3.25. The highest BCUT2D eigenvalue weighted by Gasteiger charge is 2.26. The van der Waals surface area contributed by atoms with Crippen LogP contribution in [0.25, 0.3) is 0 Å². The summed E-state index contributed by atoms with van der Waals surface area (Å²) in [4.78, 5) is 0. The van der Waals surface area contributed by atoms with Gasteiger partial charge in [0.1, 0.15) is 0 Å². The first-order chi connectivity index (χ1) is 8.19. The van der Waals surface area contributed by atoms with Crippen LogP contribution in [0.2, 0.25) is 0 Å². The van der Waals surface area contributed by atoms with E-state index in [0.29, 0.717) is 18.3 Å². The van der Waals surface area contributed by atoms with Gasteiger partial charge in [-0.1, -0.05) is 25.6 Å². The Morgan fingerprint density at radius 2 is 2.00 bits per heavy atom. The second kappa shape index (κ2) is 5.82. The van der Waals surface area contributed by atoms with E-state index in [1.807, 2.05) is 16.4 Å². The van der Waals surface area contributed by atoms with Gasteiger partial charge in [-0.2, -0.15) is 0 Å². The lowest BCUT2D eigenvalue weighted by Gasteiger charge is -2.30. The molecule has 0 aliphatic heterocycles. The molecule has 0 amide bonds. The molecule has 1 aliphatic carbocycles. The van der Waals surface area contributed by atoms with Gasteiger partial charge < -0.3 is 5.73 Å². The van der Waals surface area contributed by atoms with Gasteiger partial charge in [-0.05, 0) is 41.5 Å². The van der Waals surface area contributed by atoms with Gasteiger partial charge in [0, 0.05) is 11.8 Å². The standard InChI is InChI=1S/C11H21N5S/c1-8-5-9(2)7-10(6-8)17-11-13-14-15-16(11)4-3-12/h8-10H,3-7,12H2,1-2H3. The molecule has 2 N–H and O–H groups in total. The fourth-order valence-corrected chi connectivity index (χ4v) is 4.14. The normalized spacial score (nSPS) is 29.5. The van der Waals surface area contributed by atoms with E-state index in [-0.39, 0.29) is 0 Å². The molecule has 0 aromatic carbocycles. The zero-order valence-corrected chi connectivity index (χ0v) is 11.4. The highest BCUT2D eigenvalue weighted by molar-refractivity contribution is 7.99. The molecule has 2 atom stereocenters. The molecule has 1 aromatic heterocycles. The Morgan fingerprint density at radius 1 is 1.29 bits per heavy atom. The number of aromatic nitrogens is 4. The number of nitrogens with zero attached hydrogens (tertiary/aromatic N) is 4. The Morgan fingerprint density at radius 3 is 2.65 bits per heavy atom. The van der Waals surface area contributed by atoms with E-state index in [1.165, 1.54) is 19.3 Å². The van der Waals surface area contributed by atoms with Crippen LogP contribution in [0.4, 0.5) is 0 Å². The lowest BCUT2D eigenvalue weighted by molar-refractivity contribution is 0.308. The number of hydrogen-bond donors (Lipinski definition) is 1. The summed E-state index contributed by atoms with van der Waals surface area (Å²) >= 11 is 1.82. The first kappa shape index (κ1) is 12.8. The van der Waals surface area contributed by atoms with Crippen LogP contribution in [0.5, 0.6) is 0 Å². The molecular weight excluding hydrogens is 234 g/mol. The summed E-state index contributed by atoms with van der Waals surface area (Å²) in [7, 11) is 0. The van der Waals surface area contributed by atoms with E-state index in [2.05, 4.69) is 29.4 Å². The summed E-state index contributed by atoms with van der Waals surface area (Å²) in [5.74, 6) is 1.63. The average Bonchev–Trinajstić information content (AvgIpc) is 2.65. The van der Waals surface area contributed by atoms with Crippen LogP contribution in [0.3, 0.4) is 0 Å². The molecule has 0 radical (unpaired) electrons. The Labute approximate surface area is 107 Å². The van der Waals surface area contributed by atoms with Gasteiger partial charge in [0.05, 0.1) is 6.54 Å². The molecule has 0 bridgehead atoms.